The van der Waals surface area contributed by atoms with E-state index in [0.717, 1.165) is 0 Å². The molecule has 0 aromatic heterocycles. The van der Waals surface area contributed by atoms with E-state index in [1.807, 2.05) is 0 Å². The Labute approximate surface area is 133 Å². The number of aliphatic hydroxyl groups excluding tert-OH is 1. The van der Waals surface area contributed by atoms with Gasteiger partial charge in [0, 0.05) is 10.7 Å². The number of anilines is 1. The number of halogens is 1. The maximum Gasteiger partial charge on any atom is 0.230 e. The van der Waals surface area contributed by atoms with E-state index < -0.39 is 17.9 Å². The van der Waals surface area contributed by atoms with Crippen molar-refractivity contribution in [3.05, 3.63) is 29.3 Å². The van der Waals surface area contributed by atoms with Crippen LogP contribution < -0.4 is 15.7 Å². The number of carboxylic acid groups (broad SMARTS) is 1. The number of rotatable bonds is 10. The van der Waals surface area contributed by atoms with E-state index in [-0.39, 0.29) is 26.2 Å². The standard InChI is InChI=1S/C14H19ClN2O5/c15-10-2-1-3-11(8-10)17-13(19)9-12(14(20)21)16-4-6-22-7-5-18/h1-3,8,12,16,18H,4-7,9H2,(H,17,19)(H,20,21)/t12-/m0/s1. The van der Waals surface area contributed by atoms with Crippen molar-refractivity contribution in [2.75, 3.05) is 31.7 Å². The maximum atomic E-state index is 11.8. The SMILES string of the molecule is O=C(C[C@H]([NH2+]CCOCCO)C(=O)[O-])Nc1cccc(Cl)c1. The van der Waals surface area contributed by atoms with Crippen molar-refractivity contribution in [1.82, 2.24) is 0 Å². The topological polar surface area (TPSA) is 115 Å². The van der Waals surface area contributed by atoms with Crippen LogP contribution in [0.4, 0.5) is 5.69 Å². The molecule has 0 saturated heterocycles. The summed E-state index contributed by atoms with van der Waals surface area (Å²) in [6.07, 6.45) is -0.227. The Balaban J connectivity index is 2.41. The molecule has 0 unspecified atom stereocenters. The quantitative estimate of drug-likeness (QED) is 0.445. The van der Waals surface area contributed by atoms with Crippen LogP contribution in [0.3, 0.4) is 0 Å². The normalized spacial score (nSPS) is 11.9. The minimum atomic E-state index is -1.32. The Kier molecular flexibility index (Phi) is 8.46. The fourth-order valence-corrected chi connectivity index (χ4v) is 1.95. The molecule has 22 heavy (non-hydrogen) atoms. The molecule has 8 heteroatoms. The van der Waals surface area contributed by atoms with Gasteiger partial charge in [0.1, 0.15) is 6.04 Å². The van der Waals surface area contributed by atoms with Crippen LogP contribution in [0.2, 0.25) is 5.02 Å². The molecule has 0 aliphatic heterocycles. The molecule has 0 aliphatic carbocycles. The number of ether oxygens (including phenoxy) is 1. The number of hydrogen-bond acceptors (Lipinski definition) is 5. The predicted molar refractivity (Wildman–Crippen MR) is 78.2 cm³/mol. The Morgan fingerprint density at radius 3 is 2.82 bits per heavy atom. The zero-order valence-electron chi connectivity index (χ0n) is 12.0. The van der Waals surface area contributed by atoms with Gasteiger partial charge in [-0.05, 0) is 18.2 Å². The lowest BCUT2D eigenvalue weighted by Gasteiger charge is -2.16. The van der Waals surface area contributed by atoms with Crippen molar-refractivity contribution in [1.29, 1.82) is 0 Å². The number of benzene rings is 1. The number of carboxylic acids is 1. The van der Waals surface area contributed by atoms with Gasteiger partial charge in [0.25, 0.3) is 0 Å². The number of carbonyl (C=O) groups excluding carboxylic acids is 2. The van der Waals surface area contributed by atoms with Gasteiger partial charge in [0.15, 0.2) is 0 Å². The second kappa shape index (κ2) is 10.1. The monoisotopic (exact) mass is 330 g/mol. The lowest BCUT2D eigenvalue weighted by atomic mass is 10.2. The van der Waals surface area contributed by atoms with Gasteiger partial charge >= 0.3 is 0 Å². The summed E-state index contributed by atoms with van der Waals surface area (Å²) in [5, 5.41) is 24.1. The molecule has 1 aromatic carbocycles. The van der Waals surface area contributed by atoms with E-state index in [9.17, 15) is 14.7 Å². The van der Waals surface area contributed by atoms with Gasteiger partial charge in [-0.25, -0.2) is 0 Å². The number of nitrogens with one attached hydrogen (secondary N) is 1. The molecule has 122 valence electrons. The van der Waals surface area contributed by atoms with Crippen molar-refractivity contribution in [3.63, 3.8) is 0 Å². The van der Waals surface area contributed by atoms with E-state index in [0.29, 0.717) is 17.3 Å². The highest BCUT2D eigenvalue weighted by atomic mass is 35.5. The molecule has 1 amide bonds. The van der Waals surface area contributed by atoms with E-state index >= 15 is 0 Å². The summed E-state index contributed by atoms with van der Waals surface area (Å²) >= 11 is 5.80. The Hall–Kier alpha value is -1.67. The van der Waals surface area contributed by atoms with Crippen LogP contribution in [0, 0.1) is 0 Å². The molecule has 1 rings (SSSR count). The zero-order chi connectivity index (χ0) is 16.4. The smallest absolute Gasteiger partial charge is 0.230 e. The first-order valence-electron chi connectivity index (χ1n) is 6.81. The number of amides is 1. The van der Waals surface area contributed by atoms with Crippen LogP contribution in [-0.2, 0) is 14.3 Å². The molecule has 4 N–H and O–H groups in total. The highest BCUT2D eigenvalue weighted by molar-refractivity contribution is 6.30. The summed E-state index contributed by atoms with van der Waals surface area (Å²) in [4.78, 5) is 22.9. The van der Waals surface area contributed by atoms with Gasteiger partial charge in [0.2, 0.25) is 5.91 Å². The first-order valence-corrected chi connectivity index (χ1v) is 7.19. The third-order valence-electron chi connectivity index (χ3n) is 2.77. The summed E-state index contributed by atoms with van der Waals surface area (Å²) in [5.41, 5.74) is 0.501. The largest absolute Gasteiger partial charge is 0.544 e. The minimum absolute atomic E-state index is 0.0913. The van der Waals surface area contributed by atoms with Crippen molar-refractivity contribution >= 4 is 29.2 Å². The fraction of sp³-hybridized carbons (Fsp3) is 0.429. The van der Waals surface area contributed by atoms with Gasteiger partial charge in [-0.1, -0.05) is 17.7 Å². The van der Waals surface area contributed by atoms with Crippen LogP contribution in [0.1, 0.15) is 6.42 Å². The van der Waals surface area contributed by atoms with E-state index in [2.05, 4.69) is 5.32 Å². The molecule has 0 saturated carbocycles. The first kappa shape index (κ1) is 18.4. The molecule has 7 nitrogen and oxygen atoms in total. The lowest BCUT2D eigenvalue weighted by molar-refractivity contribution is -0.683. The third-order valence-corrected chi connectivity index (χ3v) is 3.00. The molecule has 0 bridgehead atoms. The fourth-order valence-electron chi connectivity index (χ4n) is 1.76. The first-order chi connectivity index (χ1) is 10.5. The van der Waals surface area contributed by atoms with Crippen molar-refractivity contribution in [3.8, 4) is 0 Å². The van der Waals surface area contributed by atoms with Crippen LogP contribution in [0.5, 0.6) is 0 Å². The van der Waals surface area contributed by atoms with Crippen LogP contribution in [0.25, 0.3) is 0 Å². The Bertz CT molecular complexity index is 498. The highest BCUT2D eigenvalue weighted by Gasteiger charge is 2.18. The zero-order valence-corrected chi connectivity index (χ0v) is 12.7. The molecule has 0 heterocycles. The number of hydrogen-bond donors (Lipinski definition) is 3. The van der Waals surface area contributed by atoms with Crippen molar-refractivity contribution < 1.29 is 29.9 Å². The highest BCUT2D eigenvalue weighted by Crippen LogP contribution is 2.14. The number of nitrogens with two attached hydrogens (primary N) is 1. The molecular formula is C14H19ClN2O5. The molecule has 0 radical (unpaired) electrons. The molecule has 0 aliphatic rings. The maximum absolute atomic E-state index is 11.8. The predicted octanol–water partition coefficient (Wildman–Crippen LogP) is -1.64. The minimum Gasteiger partial charge on any atom is -0.544 e. The number of aliphatic hydroxyl groups is 1. The summed E-state index contributed by atoms with van der Waals surface area (Å²) in [7, 11) is 0. The van der Waals surface area contributed by atoms with Gasteiger partial charge in [-0.15, -0.1) is 0 Å². The number of carbonyl (C=O) groups is 2. The number of quaternary nitrogens is 1. The van der Waals surface area contributed by atoms with Gasteiger partial charge in [-0.3, -0.25) is 4.79 Å². The Morgan fingerprint density at radius 2 is 2.18 bits per heavy atom. The molecular weight excluding hydrogens is 312 g/mol. The molecule has 1 atom stereocenters. The average molecular weight is 331 g/mol. The molecule has 0 spiro atoms. The van der Waals surface area contributed by atoms with E-state index in [1.54, 1.807) is 24.3 Å². The molecule has 0 fully saturated rings. The van der Waals surface area contributed by atoms with Crippen molar-refractivity contribution in [2.45, 2.75) is 12.5 Å². The van der Waals surface area contributed by atoms with Crippen LogP contribution in [0.15, 0.2) is 24.3 Å². The lowest BCUT2D eigenvalue weighted by Crippen LogP contribution is -2.94. The second-order valence-corrected chi connectivity index (χ2v) is 4.98. The summed E-state index contributed by atoms with van der Waals surface area (Å²) < 4.78 is 5.02. The van der Waals surface area contributed by atoms with Crippen LogP contribution in [-0.4, -0.2) is 49.4 Å². The number of aliphatic carboxylic acids is 1. The van der Waals surface area contributed by atoms with Crippen LogP contribution >= 0.6 is 11.6 Å². The van der Waals surface area contributed by atoms with Gasteiger partial charge in [-0.2, -0.15) is 0 Å². The second-order valence-electron chi connectivity index (χ2n) is 4.55. The van der Waals surface area contributed by atoms with Crippen molar-refractivity contribution in [2.24, 2.45) is 0 Å². The van der Waals surface area contributed by atoms with E-state index in [1.165, 1.54) is 5.32 Å². The Morgan fingerprint density at radius 1 is 1.41 bits per heavy atom. The summed E-state index contributed by atoms with van der Waals surface area (Å²) in [6, 6.07) is 5.57. The average Bonchev–Trinajstić information content (AvgIpc) is 2.45. The van der Waals surface area contributed by atoms with Gasteiger partial charge < -0.3 is 30.4 Å². The summed E-state index contributed by atoms with van der Waals surface area (Å²) in [5.74, 6) is -1.76. The van der Waals surface area contributed by atoms with E-state index in [4.69, 9.17) is 21.4 Å². The molecule has 1 aromatic rings. The third kappa shape index (κ3) is 7.37. The van der Waals surface area contributed by atoms with Gasteiger partial charge in [0.05, 0.1) is 38.8 Å². The summed E-state index contributed by atoms with van der Waals surface area (Å²) in [6.45, 7) is 0.731.